The summed E-state index contributed by atoms with van der Waals surface area (Å²) in [6.07, 6.45) is 3.13. The van der Waals surface area contributed by atoms with Gasteiger partial charge < -0.3 is 14.2 Å². The first-order valence-electron chi connectivity index (χ1n) is 8.20. The number of hydrazone groups is 1. The van der Waals surface area contributed by atoms with Gasteiger partial charge in [-0.3, -0.25) is 5.43 Å². The summed E-state index contributed by atoms with van der Waals surface area (Å²) >= 11 is 1.48. The third-order valence-electron chi connectivity index (χ3n) is 3.55. The highest BCUT2D eigenvalue weighted by Gasteiger charge is 2.11. The number of ether oxygens (including phenoxy) is 3. The van der Waals surface area contributed by atoms with Crippen LogP contribution in [0.1, 0.15) is 21.6 Å². The van der Waals surface area contributed by atoms with E-state index < -0.39 is 5.97 Å². The van der Waals surface area contributed by atoms with E-state index in [4.69, 9.17) is 14.2 Å². The zero-order valence-electron chi connectivity index (χ0n) is 15.5. The molecular formula is C19H18N4O4S. The number of hydrogen-bond donors (Lipinski definition) is 1. The Kier molecular flexibility index (Phi) is 6.18. The lowest BCUT2D eigenvalue weighted by atomic mass is 10.2. The lowest BCUT2D eigenvalue weighted by Crippen LogP contribution is -2.02. The van der Waals surface area contributed by atoms with Crippen LogP contribution in [0, 0.1) is 6.92 Å². The van der Waals surface area contributed by atoms with Crippen LogP contribution in [0.5, 0.6) is 17.4 Å². The minimum absolute atomic E-state index is 0.253. The number of nitrogens with zero attached hydrogens (tertiary/aromatic N) is 3. The summed E-state index contributed by atoms with van der Waals surface area (Å²) in [6, 6.07) is 8.38. The second-order valence-electron chi connectivity index (χ2n) is 5.55. The Morgan fingerprint density at radius 3 is 2.79 bits per heavy atom. The monoisotopic (exact) mass is 398 g/mol. The molecule has 0 amide bonds. The molecule has 0 spiro atoms. The molecule has 2 aromatic heterocycles. The fourth-order valence-electron chi connectivity index (χ4n) is 2.24. The molecule has 3 aromatic rings. The Bertz CT molecular complexity index is 1000. The van der Waals surface area contributed by atoms with Crippen molar-refractivity contribution in [1.29, 1.82) is 0 Å². The van der Waals surface area contributed by atoms with Crippen molar-refractivity contribution in [3.05, 3.63) is 58.7 Å². The van der Waals surface area contributed by atoms with Gasteiger partial charge in [-0.25, -0.2) is 14.8 Å². The van der Waals surface area contributed by atoms with Gasteiger partial charge in [-0.15, -0.1) is 11.3 Å². The number of carbonyl (C=O) groups excluding carboxylic acids is 1. The topological polar surface area (TPSA) is 94.9 Å². The zero-order chi connectivity index (χ0) is 19.9. The molecule has 0 saturated carbocycles. The Morgan fingerprint density at radius 2 is 2.07 bits per heavy atom. The summed E-state index contributed by atoms with van der Waals surface area (Å²) in [6.45, 7) is 1.92. The molecule has 0 saturated heterocycles. The van der Waals surface area contributed by atoms with Gasteiger partial charge in [0.05, 0.1) is 31.7 Å². The van der Waals surface area contributed by atoms with Crippen LogP contribution in [0.4, 0.5) is 5.13 Å². The SMILES string of the molecule is COC(=O)c1ccnc(Oc2ccc(C=NNc3nc(C)cs3)cc2OC)c1. The molecule has 0 aliphatic rings. The smallest absolute Gasteiger partial charge is 0.338 e. The van der Waals surface area contributed by atoms with Crippen LogP contribution < -0.4 is 14.9 Å². The molecular weight excluding hydrogens is 380 g/mol. The third kappa shape index (κ3) is 4.83. The molecule has 0 unspecified atom stereocenters. The van der Waals surface area contributed by atoms with E-state index in [0.29, 0.717) is 17.1 Å². The fraction of sp³-hybridized carbons (Fsp3) is 0.158. The van der Waals surface area contributed by atoms with E-state index in [1.165, 1.54) is 37.8 Å². The van der Waals surface area contributed by atoms with Gasteiger partial charge >= 0.3 is 5.97 Å². The molecule has 9 heteroatoms. The number of rotatable bonds is 7. The first kappa shape index (κ1) is 19.3. The molecule has 0 fully saturated rings. The maximum atomic E-state index is 11.6. The molecule has 0 aliphatic heterocycles. The van der Waals surface area contributed by atoms with E-state index in [1.54, 1.807) is 24.4 Å². The second kappa shape index (κ2) is 8.96. The summed E-state index contributed by atoms with van der Waals surface area (Å²) in [5, 5.41) is 6.83. The summed E-state index contributed by atoms with van der Waals surface area (Å²) in [7, 11) is 2.86. The number of nitrogens with one attached hydrogen (secondary N) is 1. The van der Waals surface area contributed by atoms with Gasteiger partial charge in [0.15, 0.2) is 11.5 Å². The summed E-state index contributed by atoms with van der Waals surface area (Å²) in [4.78, 5) is 20.0. The van der Waals surface area contributed by atoms with E-state index in [9.17, 15) is 4.79 Å². The Morgan fingerprint density at radius 1 is 1.21 bits per heavy atom. The molecule has 0 bridgehead atoms. The molecule has 28 heavy (non-hydrogen) atoms. The van der Waals surface area contributed by atoms with Gasteiger partial charge in [-0.05, 0) is 36.8 Å². The van der Waals surface area contributed by atoms with Crippen molar-refractivity contribution >= 4 is 28.7 Å². The number of pyridine rings is 1. The highest BCUT2D eigenvalue weighted by Crippen LogP contribution is 2.31. The number of benzene rings is 1. The third-order valence-corrected chi connectivity index (χ3v) is 4.42. The maximum absolute atomic E-state index is 11.6. The van der Waals surface area contributed by atoms with Crippen molar-refractivity contribution in [2.45, 2.75) is 6.92 Å². The number of thiazole rings is 1. The highest BCUT2D eigenvalue weighted by molar-refractivity contribution is 7.13. The second-order valence-corrected chi connectivity index (χ2v) is 6.41. The van der Waals surface area contributed by atoms with Crippen molar-refractivity contribution < 1.29 is 19.0 Å². The largest absolute Gasteiger partial charge is 0.493 e. The lowest BCUT2D eigenvalue weighted by Gasteiger charge is -2.10. The average molecular weight is 398 g/mol. The van der Waals surface area contributed by atoms with E-state index in [-0.39, 0.29) is 5.88 Å². The van der Waals surface area contributed by atoms with E-state index >= 15 is 0 Å². The van der Waals surface area contributed by atoms with Crippen molar-refractivity contribution in [2.75, 3.05) is 19.6 Å². The summed E-state index contributed by atoms with van der Waals surface area (Å²) in [5.41, 5.74) is 4.97. The summed E-state index contributed by atoms with van der Waals surface area (Å²) in [5.74, 6) is 0.745. The Labute approximate surface area is 165 Å². The van der Waals surface area contributed by atoms with Crippen molar-refractivity contribution in [2.24, 2.45) is 5.10 Å². The Hall–Kier alpha value is -3.46. The molecule has 0 atom stereocenters. The molecule has 3 rings (SSSR count). The first-order valence-corrected chi connectivity index (χ1v) is 9.08. The number of esters is 1. The molecule has 1 aromatic carbocycles. The van der Waals surface area contributed by atoms with Crippen LogP contribution in [0.25, 0.3) is 0 Å². The minimum Gasteiger partial charge on any atom is -0.493 e. The number of anilines is 1. The van der Waals surface area contributed by atoms with Gasteiger partial charge in [0.25, 0.3) is 0 Å². The molecule has 1 N–H and O–H groups in total. The zero-order valence-corrected chi connectivity index (χ0v) is 16.3. The van der Waals surface area contributed by atoms with E-state index in [1.807, 2.05) is 18.4 Å². The van der Waals surface area contributed by atoms with Gasteiger partial charge in [0.2, 0.25) is 11.0 Å². The quantitative estimate of drug-likeness (QED) is 0.367. The average Bonchev–Trinajstić information content (AvgIpc) is 3.13. The van der Waals surface area contributed by atoms with Crippen LogP contribution >= 0.6 is 11.3 Å². The minimum atomic E-state index is -0.464. The van der Waals surface area contributed by atoms with Crippen LogP contribution in [0.2, 0.25) is 0 Å². The van der Waals surface area contributed by atoms with Crippen LogP contribution in [0.3, 0.4) is 0 Å². The number of aromatic nitrogens is 2. The number of carbonyl (C=O) groups is 1. The highest BCUT2D eigenvalue weighted by atomic mass is 32.1. The van der Waals surface area contributed by atoms with Gasteiger partial charge in [0, 0.05) is 17.6 Å². The van der Waals surface area contributed by atoms with E-state index in [2.05, 4.69) is 20.5 Å². The number of methoxy groups -OCH3 is 2. The number of aryl methyl sites for hydroxylation is 1. The van der Waals surface area contributed by atoms with Gasteiger partial charge in [-0.1, -0.05) is 0 Å². The molecule has 2 heterocycles. The van der Waals surface area contributed by atoms with Crippen molar-refractivity contribution in [3.63, 3.8) is 0 Å². The standard InChI is InChI=1S/C19H18N4O4S/c1-12-11-28-19(22-12)23-21-10-13-4-5-15(16(8-13)25-2)27-17-9-14(6-7-20-17)18(24)26-3/h4-11H,1-3H3,(H,22,23). The Balaban J connectivity index is 1.73. The van der Waals surface area contributed by atoms with Crippen molar-refractivity contribution in [3.8, 4) is 17.4 Å². The van der Waals surface area contributed by atoms with Crippen molar-refractivity contribution in [1.82, 2.24) is 9.97 Å². The molecule has 8 nitrogen and oxygen atoms in total. The van der Waals surface area contributed by atoms with Crippen LogP contribution in [-0.2, 0) is 4.74 Å². The van der Waals surface area contributed by atoms with Gasteiger partial charge in [-0.2, -0.15) is 5.10 Å². The van der Waals surface area contributed by atoms with Crippen LogP contribution in [-0.4, -0.2) is 36.4 Å². The van der Waals surface area contributed by atoms with Gasteiger partial charge in [0.1, 0.15) is 0 Å². The normalized spacial score (nSPS) is 10.7. The first-order chi connectivity index (χ1) is 13.6. The van der Waals surface area contributed by atoms with Crippen LogP contribution in [0.15, 0.2) is 47.0 Å². The predicted molar refractivity (Wildman–Crippen MR) is 107 cm³/mol. The number of hydrogen-bond acceptors (Lipinski definition) is 9. The fourth-order valence-corrected chi connectivity index (χ4v) is 2.88. The molecule has 0 radical (unpaired) electrons. The molecule has 144 valence electrons. The predicted octanol–water partition coefficient (Wildman–Crippen LogP) is 3.88. The summed E-state index contributed by atoms with van der Waals surface area (Å²) < 4.78 is 15.8. The van der Waals surface area contributed by atoms with E-state index in [0.717, 1.165) is 16.4 Å². The lowest BCUT2D eigenvalue weighted by molar-refractivity contribution is 0.0600. The maximum Gasteiger partial charge on any atom is 0.338 e. The molecule has 0 aliphatic carbocycles.